The van der Waals surface area contributed by atoms with Gasteiger partial charge in [-0.25, -0.2) is 4.79 Å². The average molecular weight is 183 g/mol. The molecule has 4 nitrogen and oxygen atoms in total. The van der Waals surface area contributed by atoms with Gasteiger partial charge < -0.3 is 10.4 Å². The Hall–Kier alpha value is -1.50. The SMILES string of the molecule is C#CCCC(=O)NC(C)(C)C(=O)O. The highest BCUT2D eigenvalue weighted by atomic mass is 16.4. The molecule has 0 aliphatic rings. The van der Waals surface area contributed by atoms with Crippen LogP contribution in [0.3, 0.4) is 0 Å². The normalized spacial score (nSPS) is 10.2. The van der Waals surface area contributed by atoms with E-state index in [0.717, 1.165) is 0 Å². The molecule has 0 unspecified atom stereocenters. The van der Waals surface area contributed by atoms with E-state index in [9.17, 15) is 9.59 Å². The maximum Gasteiger partial charge on any atom is 0.328 e. The summed E-state index contributed by atoms with van der Waals surface area (Å²) in [5.74, 6) is 0.895. The molecule has 0 heterocycles. The lowest BCUT2D eigenvalue weighted by molar-refractivity contribution is -0.146. The average Bonchev–Trinajstić information content (AvgIpc) is 1.99. The Balaban J connectivity index is 4.06. The van der Waals surface area contributed by atoms with E-state index in [-0.39, 0.29) is 12.3 Å². The third-order valence-electron chi connectivity index (χ3n) is 1.48. The Bertz CT molecular complexity index is 250. The number of nitrogens with one attached hydrogen (secondary N) is 1. The van der Waals surface area contributed by atoms with Crippen LogP contribution in [0.4, 0.5) is 0 Å². The molecule has 1 amide bonds. The molecule has 72 valence electrons. The van der Waals surface area contributed by atoms with Crippen LogP contribution >= 0.6 is 0 Å². The number of aliphatic carboxylic acids is 1. The number of rotatable bonds is 4. The Morgan fingerprint density at radius 2 is 2.08 bits per heavy atom. The van der Waals surface area contributed by atoms with Crippen molar-refractivity contribution < 1.29 is 14.7 Å². The van der Waals surface area contributed by atoms with Crippen molar-refractivity contribution in [3.8, 4) is 12.3 Å². The molecular weight excluding hydrogens is 170 g/mol. The van der Waals surface area contributed by atoms with Crippen molar-refractivity contribution in [3.63, 3.8) is 0 Å². The van der Waals surface area contributed by atoms with Crippen molar-refractivity contribution in [3.05, 3.63) is 0 Å². The van der Waals surface area contributed by atoms with Crippen molar-refractivity contribution in [1.29, 1.82) is 0 Å². The smallest absolute Gasteiger partial charge is 0.328 e. The van der Waals surface area contributed by atoms with Gasteiger partial charge in [0.15, 0.2) is 0 Å². The molecule has 13 heavy (non-hydrogen) atoms. The number of carbonyl (C=O) groups excluding carboxylic acids is 1. The summed E-state index contributed by atoms with van der Waals surface area (Å²) in [5, 5.41) is 11.0. The zero-order chi connectivity index (χ0) is 10.5. The molecule has 0 aliphatic heterocycles. The Labute approximate surface area is 77.3 Å². The quantitative estimate of drug-likeness (QED) is 0.619. The van der Waals surface area contributed by atoms with Gasteiger partial charge in [0.25, 0.3) is 0 Å². The summed E-state index contributed by atoms with van der Waals surface area (Å²) in [5.41, 5.74) is -1.23. The molecule has 2 N–H and O–H groups in total. The van der Waals surface area contributed by atoms with Crippen LogP contribution in [0.15, 0.2) is 0 Å². The Kier molecular flexibility index (Phi) is 3.99. The van der Waals surface area contributed by atoms with Gasteiger partial charge in [0, 0.05) is 12.8 Å². The molecule has 0 spiro atoms. The van der Waals surface area contributed by atoms with Gasteiger partial charge in [-0.15, -0.1) is 12.3 Å². The number of terminal acetylenes is 1. The summed E-state index contributed by atoms with van der Waals surface area (Å²) < 4.78 is 0. The van der Waals surface area contributed by atoms with Crippen LogP contribution in [0.25, 0.3) is 0 Å². The molecule has 0 saturated carbocycles. The van der Waals surface area contributed by atoms with Crippen molar-refractivity contribution in [1.82, 2.24) is 5.32 Å². The fraction of sp³-hybridized carbons (Fsp3) is 0.556. The number of carbonyl (C=O) groups is 2. The summed E-state index contributed by atoms with van der Waals surface area (Å²) in [6.45, 7) is 2.84. The second-order valence-electron chi connectivity index (χ2n) is 3.18. The highest BCUT2D eigenvalue weighted by Gasteiger charge is 2.28. The second kappa shape index (κ2) is 4.51. The van der Waals surface area contributed by atoms with Crippen molar-refractivity contribution in [2.45, 2.75) is 32.2 Å². The summed E-state index contributed by atoms with van der Waals surface area (Å²) >= 11 is 0. The summed E-state index contributed by atoms with van der Waals surface area (Å²) in [6.07, 6.45) is 5.43. The molecule has 0 bridgehead atoms. The van der Waals surface area contributed by atoms with E-state index in [2.05, 4.69) is 11.2 Å². The van der Waals surface area contributed by atoms with Crippen LogP contribution < -0.4 is 5.32 Å². The van der Waals surface area contributed by atoms with Gasteiger partial charge in [-0.1, -0.05) is 0 Å². The molecule has 0 fully saturated rings. The standard InChI is InChI=1S/C9H13NO3/c1-4-5-6-7(11)10-9(2,3)8(12)13/h1H,5-6H2,2-3H3,(H,10,11)(H,12,13). The lowest BCUT2D eigenvalue weighted by Crippen LogP contribution is -2.49. The van der Waals surface area contributed by atoms with Gasteiger partial charge in [0.2, 0.25) is 5.91 Å². The molecule has 0 radical (unpaired) electrons. The zero-order valence-electron chi connectivity index (χ0n) is 7.76. The minimum Gasteiger partial charge on any atom is -0.480 e. The molecule has 0 aliphatic carbocycles. The number of hydrogen-bond donors (Lipinski definition) is 2. The van der Waals surface area contributed by atoms with Crippen molar-refractivity contribution >= 4 is 11.9 Å². The Morgan fingerprint density at radius 1 is 1.54 bits per heavy atom. The van der Waals surface area contributed by atoms with Crippen molar-refractivity contribution in [2.75, 3.05) is 0 Å². The first-order chi connectivity index (χ1) is 5.90. The molecule has 0 aromatic carbocycles. The van der Waals surface area contributed by atoms with E-state index in [1.165, 1.54) is 13.8 Å². The monoisotopic (exact) mass is 183 g/mol. The van der Waals surface area contributed by atoms with Gasteiger partial charge in [-0.2, -0.15) is 0 Å². The van der Waals surface area contributed by atoms with Gasteiger partial charge in [0.05, 0.1) is 0 Å². The van der Waals surface area contributed by atoms with Crippen LogP contribution in [0.5, 0.6) is 0 Å². The van der Waals surface area contributed by atoms with Gasteiger partial charge in [-0.3, -0.25) is 4.79 Å². The van der Waals surface area contributed by atoms with Crippen LogP contribution in [-0.4, -0.2) is 22.5 Å². The van der Waals surface area contributed by atoms with Gasteiger partial charge >= 0.3 is 5.97 Å². The molecule has 0 aromatic heterocycles. The predicted octanol–water partition coefficient (Wildman–Crippen LogP) is 0.379. The first kappa shape index (κ1) is 11.5. The van der Waals surface area contributed by atoms with Crippen LogP contribution in [0, 0.1) is 12.3 Å². The number of carboxylic acid groups (broad SMARTS) is 1. The molecule has 0 aromatic rings. The molecule has 0 atom stereocenters. The second-order valence-corrected chi connectivity index (χ2v) is 3.18. The van der Waals surface area contributed by atoms with Crippen LogP contribution in [-0.2, 0) is 9.59 Å². The highest BCUT2D eigenvalue weighted by molar-refractivity contribution is 5.86. The third kappa shape index (κ3) is 4.16. The van der Waals surface area contributed by atoms with E-state index in [0.29, 0.717) is 6.42 Å². The van der Waals surface area contributed by atoms with Crippen LogP contribution in [0.2, 0.25) is 0 Å². The highest BCUT2D eigenvalue weighted by Crippen LogP contribution is 2.02. The largest absolute Gasteiger partial charge is 0.480 e. The predicted molar refractivity (Wildman–Crippen MR) is 47.9 cm³/mol. The van der Waals surface area contributed by atoms with E-state index in [1.54, 1.807) is 0 Å². The zero-order valence-corrected chi connectivity index (χ0v) is 7.76. The summed E-state index contributed by atoms with van der Waals surface area (Å²) in [4.78, 5) is 21.6. The maximum absolute atomic E-state index is 11.1. The maximum atomic E-state index is 11.1. The van der Waals surface area contributed by atoms with E-state index < -0.39 is 11.5 Å². The van der Waals surface area contributed by atoms with Crippen molar-refractivity contribution in [2.24, 2.45) is 0 Å². The fourth-order valence-electron chi connectivity index (χ4n) is 0.650. The summed E-state index contributed by atoms with van der Waals surface area (Å²) in [6, 6.07) is 0. The third-order valence-corrected chi connectivity index (χ3v) is 1.48. The van der Waals surface area contributed by atoms with E-state index in [4.69, 9.17) is 11.5 Å². The minimum absolute atomic E-state index is 0.160. The number of amides is 1. The number of carboxylic acids is 1. The lowest BCUT2D eigenvalue weighted by Gasteiger charge is -2.20. The summed E-state index contributed by atoms with van der Waals surface area (Å²) in [7, 11) is 0. The lowest BCUT2D eigenvalue weighted by atomic mass is 10.1. The molecule has 0 rings (SSSR count). The van der Waals surface area contributed by atoms with Gasteiger partial charge in [0.1, 0.15) is 5.54 Å². The van der Waals surface area contributed by atoms with E-state index >= 15 is 0 Å². The fourth-order valence-corrected chi connectivity index (χ4v) is 0.650. The van der Waals surface area contributed by atoms with Gasteiger partial charge in [-0.05, 0) is 13.8 Å². The first-order valence-electron chi connectivity index (χ1n) is 3.88. The first-order valence-corrected chi connectivity index (χ1v) is 3.88. The van der Waals surface area contributed by atoms with E-state index in [1.807, 2.05) is 0 Å². The van der Waals surface area contributed by atoms with Crippen LogP contribution in [0.1, 0.15) is 26.7 Å². The molecule has 4 heteroatoms. The molecular formula is C9H13NO3. The molecule has 0 saturated heterocycles. The number of hydrogen-bond acceptors (Lipinski definition) is 2. The topological polar surface area (TPSA) is 66.4 Å². The minimum atomic E-state index is -1.23. The Morgan fingerprint density at radius 3 is 2.46 bits per heavy atom.